The SMILES string of the molecule is CCNC(=NCC1CCCN(C)C1)NC1CCC(C(=O)N2CCSCC2)CC1. The van der Waals surface area contributed by atoms with Crippen LogP contribution in [0, 0.1) is 11.8 Å². The lowest BCUT2D eigenvalue weighted by atomic mass is 9.85. The fraction of sp³-hybridized carbons (Fsp3) is 0.905. The topological polar surface area (TPSA) is 60.0 Å². The number of nitrogens with zero attached hydrogens (tertiary/aromatic N) is 3. The second-order valence-corrected chi connectivity index (χ2v) is 9.85. The number of likely N-dealkylation sites (tertiary alicyclic amines) is 1. The molecular weight excluding hydrogens is 370 g/mol. The summed E-state index contributed by atoms with van der Waals surface area (Å²) < 4.78 is 0. The van der Waals surface area contributed by atoms with E-state index in [1.807, 2.05) is 11.8 Å². The second-order valence-electron chi connectivity index (χ2n) is 8.62. The van der Waals surface area contributed by atoms with Crippen molar-refractivity contribution in [2.45, 2.75) is 51.5 Å². The third-order valence-corrected chi connectivity index (χ3v) is 7.26. The molecule has 1 unspecified atom stereocenters. The van der Waals surface area contributed by atoms with E-state index in [0.29, 0.717) is 17.9 Å². The Labute approximate surface area is 175 Å². The number of guanidine groups is 1. The largest absolute Gasteiger partial charge is 0.357 e. The summed E-state index contributed by atoms with van der Waals surface area (Å²) in [5.41, 5.74) is 0. The summed E-state index contributed by atoms with van der Waals surface area (Å²) in [6, 6.07) is 0.438. The van der Waals surface area contributed by atoms with Crippen molar-refractivity contribution in [3.63, 3.8) is 0 Å². The summed E-state index contributed by atoms with van der Waals surface area (Å²) in [6.07, 6.45) is 6.72. The molecule has 160 valence electrons. The molecule has 0 aromatic heterocycles. The summed E-state index contributed by atoms with van der Waals surface area (Å²) in [7, 11) is 2.21. The van der Waals surface area contributed by atoms with Gasteiger partial charge < -0.3 is 20.4 Å². The lowest BCUT2D eigenvalue weighted by molar-refractivity contribution is -0.136. The first-order valence-electron chi connectivity index (χ1n) is 11.3. The number of hydrogen-bond donors (Lipinski definition) is 2. The van der Waals surface area contributed by atoms with Crippen LogP contribution in [0.25, 0.3) is 0 Å². The molecule has 6 nitrogen and oxygen atoms in total. The first kappa shape index (κ1) is 21.8. The molecule has 28 heavy (non-hydrogen) atoms. The van der Waals surface area contributed by atoms with Crippen LogP contribution in [-0.4, -0.2) is 85.5 Å². The first-order chi connectivity index (χ1) is 13.7. The number of rotatable bonds is 5. The van der Waals surface area contributed by atoms with Crippen LogP contribution in [-0.2, 0) is 4.79 Å². The maximum Gasteiger partial charge on any atom is 0.225 e. The Morgan fingerprint density at radius 2 is 1.86 bits per heavy atom. The van der Waals surface area contributed by atoms with E-state index in [9.17, 15) is 4.79 Å². The van der Waals surface area contributed by atoms with Crippen molar-refractivity contribution in [3.8, 4) is 0 Å². The molecule has 3 rings (SSSR count). The number of carbonyl (C=O) groups is 1. The Balaban J connectivity index is 1.44. The maximum absolute atomic E-state index is 12.7. The average molecular weight is 410 g/mol. The molecule has 0 aromatic carbocycles. The van der Waals surface area contributed by atoms with Crippen LogP contribution in [0.3, 0.4) is 0 Å². The van der Waals surface area contributed by atoms with Gasteiger partial charge in [0.2, 0.25) is 5.91 Å². The van der Waals surface area contributed by atoms with Crippen LogP contribution in [0.15, 0.2) is 4.99 Å². The van der Waals surface area contributed by atoms with Crippen molar-refractivity contribution in [2.75, 3.05) is 57.8 Å². The fourth-order valence-corrected chi connectivity index (χ4v) is 5.59. The van der Waals surface area contributed by atoms with Crippen molar-refractivity contribution < 1.29 is 4.79 Å². The fourth-order valence-electron chi connectivity index (χ4n) is 4.68. The third kappa shape index (κ3) is 6.55. The molecule has 1 atom stereocenters. The molecule has 0 radical (unpaired) electrons. The van der Waals surface area contributed by atoms with Gasteiger partial charge >= 0.3 is 0 Å². The second kappa shape index (κ2) is 11.3. The maximum atomic E-state index is 12.7. The highest BCUT2D eigenvalue weighted by molar-refractivity contribution is 7.99. The van der Waals surface area contributed by atoms with Gasteiger partial charge in [-0.05, 0) is 65.0 Å². The molecule has 0 aromatic rings. The quantitative estimate of drug-likeness (QED) is 0.537. The normalized spacial score (nSPS) is 30.1. The van der Waals surface area contributed by atoms with E-state index < -0.39 is 0 Å². The molecular formula is C21H39N5OS. The minimum atomic E-state index is 0.235. The van der Waals surface area contributed by atoms with Crippen molar-refractivity contribution in [2.24, 2.45) is 16.8 Å². The van der Waals surface area contributed by atoms with Gasteiger partial charge in [-0.2, -0.15) is 11.8 Å². The van der Waals surface area contributed by atoms with Crippen LogP contribution >= 0.6 is 11.8 Å². The Bertz CT molecular complexity index is 515. The average Bonchev–Trinajstić information content (AvgIpc) is 2.73. The molecule has 0 bridgehead atoms. The predicted molar refractivity (Wildman–Crippen MR) is 119 cm³/mol. The molecule has 1 saturated carbocycles. The molecule has 2 aliphatic heterocycles. The van der Waals surface area contributed by atoms with E-state index in [1.165, 1.54) is 19.4 Å². The van der Waals surface area contributed by atoms with Gasteiger partial charge in [-0.15, -0.1) is 0 Å². The van der Waals surface area contributed by atoms with Crippen LogP contribution in [0.1, 0.15) is 45.4 Å². The number of nitrogens with one attached hydrogen (secondary N) is 2. The first-order valence-corrected chi connectivity index (χ1v) is 12.4. The minimum Gasteiger partial charge on any atom is -0.357 e. The van der Waals surface area contributed by atoms with Gasteiger partial charge in [0.1, 0.15) is 0 Å². The van der Waals surface area contributed by atoms with E-state index in [0.717, 1.165) is 75.9 Å². The third-order valence-electron chi connectivity index (χ3n) is 6.31. The van der Waals surface area contributed by atoms with Crippen LogP contribution in [0.2, 0.25) is 0 Å². The molecule has 2 heterocycles. The Hall–Kier alpha value is -0.950. The minimum absolute atomic E-state index is 0.235. The van der Waals surface area contributed by atoms with Crippen LogP contribution < -0.4 is 10.6 Å². The smallest absolute Gasteiger partial charge is 0.225 e. The Kier molecular flexibility index (Phi) is 8.77. The van der Waals surface area contributed by atoms with E-state index in [-0.39, 0.29) is 5.92 Å². The lowest BCUT2D eigenvalue weighted by Gasteiger charge is -2.34. The van der Waals surface area contributed by atoms with Crippen molar-refractivity contribution in [1.82, 2.24) is 20.4 Å². The Morgan fingerprint density at radius 3 is 2.54 bits per heavy atom. The van der Waals surface area contributed by atoms with Gasteiger partial charge in [0.25, 0.3) is 0 Å². The van der Waals surface area contributed by atoms with Gasteiger partial charge in [-0.1, -0.05) is 0 Å². The highest BCUT2D eigenvalue weighted by Crippen LogP contribution is 2.27. The zero-order chi connectivity index (χ0) is 19.8. The van der Waals surface area contributed by atoms with Gasteiger partial charge in [0, 0.05) is 56.2 Å². The molecule has 1 aliphatic carbocycles. The summed E-state index contributed by atoms with van der Waals surface area (Å²) in [5.74, 6) is 4.46. The molecule has 0 spiro atoms. The number of hydrogen-bond acceptors (Lipinski definition) is 4. The molecule has 1 amide bonds. The molecule has 7 heteroatoms. The van der Waals surface area contributed by atoms with Crippen LogP contribution in [0.4, 0.5) is 0 Å². The number of piperidine rings is 1. The molecule has 3 aliphatic rings. The predicted octanol–water partition coefficient (Wildman–Crippen LogP) is 2.02. The van der Waals surface area contributed by atoms with Gasteiger partial charge in [0.15, 0.2) is 5.96 Å². The highest BCUT2D eigenvalue weighted by atomic mass is 32.2. The zero-order valence-electron chi connectivity index (χ0n) is 17.8. The van der Waals surface area contributed by atoms with Gasteiger partial charge in [-0.3, -0.25) is 9.79 Å². The van der Waals surface area contributed by atoms with Crippen molar-refractivity contribution in [1.29, 1.82) is 0 Å². The lowest BCUT2D eigenvalue weighted by Crippen LogP contribution is -2.47. The van der Waals surface area contributed by atoms with E-state index in [1.54, 1.807) is 0 Å². The van der Waals surface area contributed by atoms with Crippen molar-refractivity contribution in [3.05, 3.63) is 0 Å². The molecule has 2 saturated heterocycles. The summed E-state index contributed by atoms with van der Waals surface area (Å²) >= 11 is 1.96. The van der Waals surface area contributed by atoms with E-state index in [4.69, 9.17) is 4.99 Å². The highest BCUT2D eigenvalue weighted by Gasteiger charge is 2.30. The van der Waals surface area contributed by atoms with Crippen LogP contribution in [0.5, 0.6) is 0 Å². The van der Waals surface area contributed by atoms with Crippen molar-refractivity contribution >= 4 is 23.6 Å². The van der Waals surface area contributed by atoms with Gasteiger partial charge in [0.05, 0.1) is 0 Å². The number of aliphatic imine (C=N–C) groups is 1. The van der Waals surface area contributed by atoms with E-state index >= 15 is 0 Å². The number of amides is 1. The summed E-state index contributed by atoms with van der Waals surface area (Å²) in [4.78, 5) is 22.1. The van der Waals surface area contributed by atoms with E-state index in [2.05, 4.69) is 34.4 Å². The standard InChI is InChI=1S/C21H39N5OS/c1-3-22-21(23-15-17-5-4-10-25(2)16-17)24-19-8-6-18(7-9-19)20(27)26-11-13-28-14-12-26/h17-19H,3-16H2,1-2H3,(H2,22,23,24). The molecule has 3 fully saturated rings. The summed E-state index contributed by atoms with van der Waals surface area (Å²) in [6.45, 7) is 8.17. The molecule has 2 N–H and O–H groups in total. The number of thioether (sulfide) groups is 1. The summed E-state index contributed by atoms with van der Waals surface area (Å²) in [5, 5.41) is 7.06. The monoisotopic (exact) mass is 409 g/mol. The zero-order valence-corrected chi connectivity index (χ0v) is 18.6. The van der Waals surface area contributed by atoms with Gasteiger partial charge in [-0.25, -0.2) is 0 Å². The number of carbonyl (C=O) groups excluding carboxylic acids is 1. The Morgan fingerprint density at radius 1 is 1.11 bits per heavy atom.